The summed E-state index contributed by atoms with van der Waals surface area (Å²) in [5, 5.41) is 0. The molecular weight excluding hydrogens is 324 g/mol. The topological polar surface area (TPSA) is 16.1 Å². The molecule has 0 bridgehead atoms. The summed E-state index contributed by atoms with van der Waals surface area (Å²) in [5.41, 5.74) is 3.41. The van der Waals surface area contributed by atoms with Gasteiger partial charge in [0.2, 0.25) is 0 Å². The van der Waals surface area contributed by atoms with Crippen LogP contribution in [0.4, 0.5) is 11.5 Å². The Hall–Kier alpha value is -1.06. The highest BCUT2D eigenvalue weighted by Crippen LogP contribution is 2.29. The van der Waals surface area contributed by atoms with E-state index >= 15 is 0 Å². The molecule has 0 fully saturated rings. The molecule has 0 radical (unpaired) electrons. The van der Waals surface area contributed by atoms with E-state index in [2.05, 4.69) is 63.9 Å². The van der Waals surface area contributed by atoms with Gasteiger partial charge in [-0.15, -0.1) is 11.6 Å². The van der Waals surface area contributed by atoms with Crippen molar-refractivity contribution < 1.29 is 0 Å². The number of halogens is 2. The van der Waals surface area contributed by atoms with Crippen molar-refractivity contribution in [1.82, 2.24) is 4.98 Å². The first-order valence-corrected chi connectivity index (χ1v) is 7.53. The van der Waals surface area contributed by atoms with Crippen LogP contribution in [0.5, 0.6) is 0 Å². The minimum Gasteiger partial charge on any atom is -0.326 e. The van der Waals surface area contributed by atoms with Crippen molar-refractivity contribution in [3.8, 4) is 0 Å². The molecule has 0 spiro atoms. The van der Waals surface area contributed by atoms with Crippen molar-refractivity contribution in [2.75, 3.05) is 11.4 Å². The van der Waals surface area contributed by atoms with Crippen molar-refractivity contribution in [2.45, 2.75) is 19.7 Å². The van der Waals surface area contributed by atoms with Crippen LogP contribution in [0.15, 0.2) is 41.0 Å². The Morgan fingerprint density at radius 3 is 2.74 bits per heavy atom. The molecule has 0 saturated carbocycles. The van der Waals surface area contributed by atoms with E-state index in [1.54, 1.807) is 0 Å². The summed E-state index contributed by atoms with van der Waals surface area (Å²) in [4.78, 5) is 6.70. The van der Waals surface area contributed by atoms with Gasteiger partial charge in [-0.2, -0.15) is 0 Å². The zero-order valence-electron chi connectivity index (χ0n) is 11.0. The Balaban J connectivity index is 2.48. The molecule has 2 nitrogen and oxygen atoms in total. The molecule has 0 amide bonds. The summed E-state index contributed by atoms with van der Waals surface area (Å²) in [5.74, 6) is 1.37. The molecular formula is C15H16BrClN2. The number of pyridine rings is 1. The van der Waals surface area contributed by atoms with Gasteiger partial charge in [0.1, 0.15) is 5.82 Å². The number of hydrogen-bond acceptors (Lipinski definition) is 2. The largest absolute Gasteiger partial charge is 0.326 e. The lowest BCUT2D eigenvalue weighted by Gasteiger charge is -2.24. The molecule has 19 heavy (non-hydrogen) atoms. The third kappa shape index (κ3) is 3.28. The summed E-state index contributed by atoms with van der Waals surface area (Å²) in [6.45, 7) is 5.06. The Labute approximate surface area is 127 Å². The van der Waals surface area contributed by atoms with E-state index in [9.17, 15) is 0 Å². The van der Waals surface area contributed by atoms with Gasteiger partial charge in [0.05, 0.1) is 5.88 Å². The molecule has 0 atom stereocenters. The monoisotopic (exact) mass is 338 g/mol. The number of alkyl halides is 1. The maximum atomic E-state index is 6.04. The Kier molecular flexibility index (Phi) is 4.83. The van der Waals surface area contributed by atoms with E-state index < -0.39 is 0 Å². The second-order valence-corrected chi connectivity index (χ2v) is 5.54. The highest BCUT2D eigenvalue weighted by molar-refractivity contribution is 9.10. The molecule has 2 rings (SSSR count). The fourth-order valence-corrected chi connectivity index (χ4v) is 2.64. The highest BCUT2D eigenvalue weighted by Gasteiger charge is 2.13. The van der Waals surface area contributed by atoms with Crippen LogP contribution in [0.25, 0.3) is 0 Å². The standard InChI is InChI=1S/C15H16BrClN2/c1-3-19(14-6-4-5-11(2)7-14)15-12(9-17)8-13(16)10-18-15/h4-8,10H,3,9H2,1-2H3. The third-order valence-corrected chi connectivity index (χ3v) is 3.66. The van der Waals surface area contributed by atoms with Crippen LogP contribution in [0.2, 0.25) is 0 Å². The van der Waals surface area contributed by atoms with Crippen LogP contribution in [0.3, 0.4) is 0 Å². The number of aromatic nitrogens is 1. The second kappa shape index (κ2) is 6.40. The Bertz CT molecular complexity index is 572. The lowest BCUT2D eigenvalue weighted by molar-refractivity contribution is 0.973. The summed E-state index contributed by atoms with van der Waals surface area (Å²) in [7, 11) is 0. The number of aryl methyl sites for hydroxylation is 1. The molecule has 0 saturated heterocycles. The van der Waals surface area contributed by atoms with Crippen molar-refractivity contribution in [3.05, 3.63) is 52.1 Å². The molecule has 100 valence electrons. The van der Waals surface area contributed by atoms with Crippen LogP contribution in [0, 0.1) is 6.92 Å². The normalized spacial score (nSPS) is 10.5. The molecule has 1 aromatic carbocycles. The highest BCUT2D eigenvalue weighted by atomic mass is 79.9. The van der Waals surface area contributed by atoms with Gasteiger partial charge < -0.3 is 4.90 Å². The molecule has 1 heterocycles. The van der Waals surface area contributed by atoms with E-state index in [0.29, 0.717) is 5.88 Å². The fraction of sp³-hybridized carbons (Fsp3) is 0.267. The first kappa shape index (κ1) is 14.4. The lowest BCUT2D eigenvalue weighted by Crippen LogP contribution is -2.19. The SMILES string of the molecule is CCN(c1cccc(C)c1)c1ncc(Br)cc1CCl. The average Bonchev–Trinajstić information content (AvgIpc) is 2.41. The predicted molar refractivity (Wildman–Crippen MR) is 85.4 cm³/mol. The third-order valence-electron chi connectivity index (χ3n) is 2.94. The molecule has 0 N–H and O–H groups in total. The second-order valence-electron chi connectivity index (χ2n) is 4.35. The summed E-state index contributed by atoms with van der Waals surface area (Å²) in [6, 6.07) is 10.4. The number of hydrogen-bond donors (Lipinski definition) is 0. The number of rotatable bonds is 4. The minimum atomic E-state index is 0.449. The van der Waals surface area contributed by atoms with Gasteiger partial charge in [-0.1, -0.05) is 12.1 Å². The van der Waals surface area contributed by atoms with Gasteiger partial charge in [0.15, 0.2) is 0 Å². The number of nitrogens with zero attached hydrogens (tertiary/aromatic N) is 2. The smallest absolute Gasteiger partial charge is 0.137 e. The van der Waals surface area contributed by atoms with Crippen molar-refractivity contribution in [1.29, 1.82) is 0 Å². The first-order valence-electron chi connectivity index (χ1n) is 6.20. The zero-order chi connectivity index (χ0) is 13.8. The van der Waals surface area contributed by atoms with Crippen molar-refractivity contribution in [2.24, 2.45) is 0 Å². The minimum absolute atomic E-state index is 0.449. The molecule has 2 aromatic rings. The zero-order valence-corrected chi connectivity index (χ0v) is 13.4. The summed E-state index contributed by atoms with van der Waals surface area (Å²) in [6.07, 6.45) is 1.81. The number of benzene rings is 1. The van der Waals surface area contributed by atoms with Crippen molar-refractivity contribution >= 4 is 39.0 Å². The lowest BCUT2D eigenvalue weighted by atomic mass is 10.2. The average molecular weight is 340 g/mol. The predicted octanol–water partition coefficient (Wildman–Crippen LogP) is 5.05. The quantitative estimate of drug-likeness (QED) is 0.725. The molecule has 0 aliphatic rings. The Morgan fingerprint density at radius 2 is 2.11 bits per heavy atom. The van der Waals surface area contributed by atoms with Crippen molar-refractivity contribution in [3.63, 3.8) is 0 Å². The maximum Gasteiger partial charge on any atom is 0.137 e. The van der Waals surface area contributed by atoms with E-state index in [4.69, 9.17) is 11.6 Å². The molecule has 4 heteroatoms. The van der Waals surface area contributed by atoms with Crippen LogP contribution >= 0.6 is 27.5 Å². The van der Waals surface area contributed by atoms with E-state index in [1.807, 2.05) is 12.3 Å². The van der Waals surface area contributed by atoms with E-state index in [0.717, 1.165) is 28.1 Å². The van der Waals surface area contributed by atoms with E-state index in [1.165, 1.54) is 5.56 Å². The summed E-state index contributed by atoms with van der Waals surface area (Å²) < 4.78 is 0.951. The van der Waals surface area contributed by atoms with Crippen LogP contribution < -0.4 is 4.90 Å². The van der Waals surface area contributed by atoms with Crippen LogP contribution in [-0.2, 0) is 5.88 Å². The van der Waals surface area contributed by atoms with Crippen LogP contribution in [-0.4, -0.2) is 11.5 Å². The number of anilines is 2. The first-order chi connectivity index (χ1) is 9.15. The molecule has 0 aliphatic heterocycles. The van der Waals surface area contributed by atoms with E-state index in [-0.39, 0.29) is 0 Å². The Morgan fingerprint density at radius 1 is 1.32 bits per heavy atom. The van der Waals surface area contributed by atoms with Gasteiger partial charge in [0.25, 0.3) is 0 Å². The van der Waals surface area contributed by atoms with Gasteiger partial charge >= 0.3 is 0 Å². The summed E-state index contributed by atoms with van der Waals surface area (Å²) >= 11 is 9.47. The van der Waals surface area contributed by atoms with Crippen LogP contribution in [0.1, 0.15) is 18.1 Å². The van der Waals surface area contributed by atoms with Gasteiger partial charge in [0, 0.05) is 28.5 Å². The fourth-order valence-electron chi connectivity index (χ4n) is 2.07. The maximum absolute atomic E-state index is 6.04. The molecule has 0 unspecified atom stereocenters. The molecule has 1 aromatic heterocycles. The van der Waals surface area contributed by atoms with Gasteiger partial charge in [-0.3, -0.25) is 0 Å². The molecule has 0 aliphatic carbocycles. The van der Waals surface area contributed by atoms with Gasteiger partial charge in [-0.05, 0) is 53.5 Å². The van der Waals surface area contributed by atoms with Gasteiger partial charge in [-0.25, -0.2) is 4.98 Å².